The van der Waals surface area contributed by atoms with E-state index in [1.54, 1.807) is 7.11 Å². The van der Waals surface area contributed by atoms with Crippen LogP contribution in [-0.2, 0) is 4.74 Å². The third kappa shape index (κ3) is 6.63. The van der Waals surface area contributed by atoms with Crippen LogP contribution in [0.15, 0.2) is 55.1 Å². The fourth-order valence-electron chi connectivity index (χ4n) is 2.99. The molecule has 0 bridgehead atoms. The molecule has 0 fully saturated rings. The lowest BCUT2D eigenvalue weighted by Crippen LogP contribution is -2.11. The molecule has 2 rings (SSSR count). The van der Waals surface area contributed by atoms with Crippen molar-refractivity contribution in [3.8, 4) is 5.75 Å². The Morgan fingerprint density at radius 1 is 1.07 bits per heavy atom. The Labute approximate surface area is 164 Å². The molecule has 0 amide bonds. The number of methoxy groups -OCH3 is 1. The average molecular weight is 365 g/mol. The lowest BCUT2D eigenvalue weighted by atomic mass is 10.0. The molecular formula is C25H32O2. The highest BCUT2D eigenvalue weighted by Crippen LogP contribution is 2.24. The second-order valence-electron chi connectivity index (χ2n) is 6.84. The van der Waals surface area contributed by atoms with Gasteiger partial charge in [-0.3, -0.25) is 0 Å². The Kier molecular flexibility index (Phi) is 8.70. The minimum absolute atomic E-state index is 0.620. The Bertz CT molecular complexity index is 728. The summed E-state index contributed by atoms with van der Waals surface area (Å²) in [5.74, 6) is 2.34. The number of benzene rings is 2. The lowest BCUT2D eigenvalue weighted by Gasteiger charge is -2.16. The minimum Gasteiger partial charge on any atom is -0.496 e. The number of unbranched alkanes of at least 4 members (excludes halogenated alkanes) is 1. The number of ether oxygens (including phenoxy) is 2. The molecule has 0 aliphatic heterocycles. The van der Waals surface area contributed by atoms with Crippen molar-refractivity contribution in [3.63, 3.8) is 0 Å². The van der Waals surface area contributed by atoms with Crippen LogP contribution >= 0.6 is 0 Å². The van der Waals surface area contributed by atoms with E-state index in [-0.39, 0.29) is 0 Å². The van der Waals surface area contributed by atoms with E-state index in [2.05, 4.69) is 44.7 Å². The van der Waals surface area contributed by atoms with Gasteiger partial charge in [-0.2, -0.15) is 0 Å². The molecule has 0 N–H and O–H groups in total. The highest BCUT2D eigenvalue weighted by atomic mass is 16.5. The third-order valence-electron chi connectivity index (χ3n) is 4.84. The first-order valence-corrected chi connectivity index (χ1v) is 9.91. The van der Waals surface area contributed by atoms with Gasteiger partial charge in [0.1, 0.15) is 11.5 Å². The first-order chi connectivity index (χ1) is 13.2. The summed E-state index contributed by atoms with van der Waals surface area (Å²) in [5.41, 5.74) is 3.22. The predicted molar refractivity (Wildman–Crippen MR) is 117 cm³/mol. The maximum atomic E-state index is 6.08. The van der Waals surface area contributed by atoms with Gasteiger partial charge in [-0.1, -0.05) is 82.2 Å². The van der Waals surface area contributed by atoms with Crippen LogP contribution in [-0.4, -0.2) is 13.7 Å². The average Bonchev–Trinajstić information content (AvgIpc) is 2.72. The van der Waals surface area contributed by atoms with Gasteiger partial charge in [0.05, 0.1) is 13.7 Å². The van der Waals surface area contributed by atoms with Crippen molar-refractivity contribution in [1.29, 1.82) is 0 Å². The quantitative estimate of drug-likeness (QED) is 0.313. The Balaban J connectivity index is 2.10. The molecular weight excluding hydrogens is 332 g/mol. The number of hydrogen-bond acceptors (Lipinski definition) is 2. The molecule has 0 saturated heterocycles. The molecule has 0 spiro atoms. The third-order valence-corrected chi connectivity index (χ3v) is 4.84. The van der Waals surface area contributed by atoms with Gasteiger partial charge >= 0.3 is 0 Å². The van der Waals surface area contributed by atoms with Crippen LogP contribution in [0.1, 0.15) is 56.2 Å². The van der Waals surface area contributed by atoms with Crippen LogP contribution in [0.3, 0.4) is 0 Å². The summed E-state index contributed by atoms with van der Waals surface area (Å²) < 4.78 is 11.7. The van der Waals surface area contributed by atoms with E-state index in [0.717, 1.165) is 41.2 Å². The Morgan fingerprint density at radius 2 is 1.81 bits per heavy atom. The second kappa shape index (κ2) is 11.3. The summed E-state index contributed by atoms with van der Waals surface area (Å²) in [4.78, 5) is 0. The first-order valence-electron chi connectivity index (χ1n) is 9.91. The normalized spacial score (nSPS) is 12.5. The van der Waals surface area contributed by atoms with Crippen LogP contribution in [0.5, 0.6) is 5.75 Å². The van der Waals surface area contributed by atoms with E-state index >= 15 is 0 Å². The van der Waals surface area contributed by atoms with Gasteiger partial charge in [-0.05, 0) is 41.7 Å². The highest BCUT2D eigenvalue weighted by molar-refractivity contribution is 5.78. The fraction of sp³-hybridized carbons (Fsp3) is 0.360. The molecule has 2 aromatic carbocycles. The summed E-state index contributed by atoms with van der Waals surface area (Å²) in [5, 5.41) is 0. The van der Waals surface area contributed by atoms with E-state index in [0.29, 0.717) is 5.92 Å². The molecule has 1 unspecified atom stereocenters. The van der Waals surface area contributed by atoms with E-state index < -0.39 is 0 Å². The molecule has 0 saturated carbocycles. The topological polar surface area (TPSA) is 18.5 Å². The van der Waals surface area contributed by atoms with Crippen molar-refractivity contribution < 1.29 is 9.47 Å². The summed E-state index contributed by atoms with van der Waals surface area (Å²) in [6, 6.07) is 16.4. The largest absolute Gasteiger partial charge is 0.496 e. The zero-order chi connectivity index (χ0) is 19.5. The molecule has 2 nitrogen and oxygen atoms in total. The summed E-state index contributed by atoms with van der Waals surface area (Å²) in [6.45, 7) is 9.04. The van der Waals surface area contributed by atoms with E-state index in [4.69, 9.17) is 9.47 Å². The molecule has 0 heterocycles. The molecule has 0 aromatic heterocycles. The van der Waals surface area contributed by atoms with E-state index in [1.807, 2.05) is 36.4 Å². The molecule has 2 aromatic rings. The smallest absolute Gasteiger partial charge is 0.126 e. The maximum Gasteiger partial charge on any atom is 0.126 e. The summed E-state index contributed by atoms with van der Waals surface area (Å²) >= 11 is 0. The zero-order valence-corrected chi connectivity index (χ0v) is 16.9. The van der Waals surface area contributed by atoms with Crippen molar-refractivity contribution in [3.05, 3.63) is 71.8 Å². The minimum atomic E-state index is 0.620. The second-order valence-corrected chi connectivity index (χ2v) is 6.84. The van der Waals surface area contributed by atoms with Gasteiger partial charge in [-0.15, -0.1) is 0 Å². The monoisotopic (exact) mass is 364 g/mol. The molecule has 2 heteroatoms. The lowest BCUT2D eigenvalue weighted by molar-refractivity contribution is 0.233. The first kappa shape index (κ1) is 20.8. The van der Waals surface area contributed by atoms with Crippen LogP contribution in [0.4, 0.5) is 0 Å². The number of rotatable bonds is 11. The van der Waals surface area contributed by atoms with Crippen molar-refractivity contribution in [2.45, 2.75) is 39.5 Å². The zero-order valence-electron chi connectivity index (χ0n) is 16.9. The van der Waals surface area contributed by atoms with Gasteiger partial charge in [-0.25, -0.2) is 0 Å². The molecule has 0 radical (unpaired) electrons. The SMILES string of the molecule is C=Cc1ccc(C=C(OC)c2cccc(OCC(CC)CCCC)c2)cc1. The van der Waals surface area contributed by atoms with Crippen LogP contribution < -0.4 is 4.74 Å². The highest BCUT2D eigenvalue weighted by Gasteiger charge is 2.08. The molecule has 1 atom stereocenters. The summed E-state index contributed by atoms with van der Waals surface area (Å²) in [7, 11) is 1.70. The fourth-order valence-corrected chi connectivity index (χ4v) is 2.99. The molecule has 27 heavy (non-hydrogen) atoms. The summed E-state index contributed by atoms with van der Waals surface area (Å²) in [6.07, 6.45) is 8.78. The van der Waals surface area contributed by atoms with Crippen LogP contribution in [0, 0.1) is 5.92 Å². The van der Waals surface area contributed by atoms with E-state index in [9.17, 15) is 0 Å². The van der Waals surface area contributed by atoms with Gasteiger partial charge in [0.15, 0.2) is 0 Å². The van der Waals surface area contributed by atoms with Crippen molar-refractivity contribution >= 4 is 17.9 Å². The van der Waals surface area contributed by atoms with Crippen LogP contribution in [0.2, 0.25) is 0 Å². The Morgan fingerprint density at radius 3 is 2.44 bits per heavy atom. The van der Waals surface area contributed by atoms with Gasteiger partial charge < -0.3 is 9.47 Å². The van der Waals surface area contributed by atoms with E-state index in [1.165, 1.54) is 19.3 Å². The van der Waals surface area contributed by atoms with Crippen LogP contribution in [0.25, 0.3) is 17.9 Å². The Hall–Kier alpha value is -2.48. The van der Waals surface area contributed by atoms with Gasteiger partial charge in [0.25, 0.3) is 0 Å². The standard InChI is InChI=1S/C25H32O2/c1-5-8-10-21(7-3)19-27-24-12-9-11-23(18-24)25(26-4)17-22-15-13-20(6-2)14-16-22/h6,9,11-18,21H,2,5,7-8,10,19H2,1,3-4H3. The van der Waals surface area contributed by atoms with Crippen molar-refractivity contribution in [2.75, 3.05) is 13.7 Å². The number of hydrogen-bond donors (Lipinski definition) is 0. The predicted octanol–water partition coefficient (Wildman–Crippen LogP) is 7.07. The van der Waals surface area contributed by atoms with Gasteiger partial charge in [0, 0.05) is 5.56 Å². The molecule has 144 valence electrons. The van der Waals surface area contributed by atoms with Gasteiger partial charge in [0.2, 0.25) is 0 Å². The maximum absolute atomic E-state index is 6.08. The van der Waals surface area contributed by atoms with Crippen molar-refractivity contribution in [2.24, 2.45) is 5.92 Å². The molecule has 0 aliphatic carbocycles. The van der Waals surface area contributed by atoms with Crippen molar-refractivity contribution in [1.82, 2.24) is 0 Å². The molecule has 0 aliphatic rings.